The van der Waals surface area contributed by atoms with Crippen LogP contribution in [0, 0.1) is 0 Å². The van der Waals surface area contributed by atoms with Gasteiger partial charge in [-0.2, -0.15) is 18.2 Å². The Balaban J connectivity index is 2.04. The van der Waals surface area contributed by atoms with Gasteiger partial charge in [0.1, 0.15) is 10.0 Å². The number of hydrogen-bond acceptors (Lipinski definition) is 6. The quantitative estimate of drug-likeness (QED) is 0.716. The van der Waals surface area contributed by atoms with E-state index in [4.69, 9.17) is 11.6 Å². The second-order valence-corrected chi connectivity index (χ2v) is 6.40. The van der Waals surface area contributed by atoms with Crippen molar-refractivity contribution in [2.45, 2.75) is 6.18 Å². The lowest BCUT2D eigenvalue weighted by molar-refractivity contribution is -0.134. The van der Waals surface area contributed by atoms with Crippen LogP contribution in [0.3, 0.4) is 0 Å². The SMILES string of the molecule is Oc1cc(-c2ccc(C(F)(F)F)s2)nc(-c2nc(Cl)cs2)n1. The maximum absolute atomic E-state index is 12.6. The summed E-state index contributed by atoms with van der Waals surface area (Å²) in [5.74, 6) is -0.248. The average molecular weight is 364 g/mol. The van der Waals surface area contributed by atoms with Gasteiger partial charge in [-0.3, -0.25) is 0 Å². The van der Waals surface area contributed by atoms with Gasteiger partial charge in [-0.15, -0.1) is 22.7 Å². The molecule has 0 aliphatic rings. The summed E-state index contributed by atoms with van der Waals surface area (Å²) >= 11 is 7.43. The van der Waals surface area contributed by atoms with Gasteiger partial charge in [-0.05, 0) is 12.1 Å². The van der Waals surface area contributed by atoms with E-state index in [1.807, 2.05) is 0 Å². The molecular formula is C12H5ClF3N3OS2. The van der Waals surface area contributed by atoms with Crippen LogP contribution < -0.4 is 0 Å². The lowest BCUT2D eigenvalue weighted by Gasteiger charge is -2.02. The Kier molecular flexibility index (Phi) is 3.79. The monoisotopic (exact) mass is 363 g/mol. The molecule has 22 heavy (non-hydrogen) atoms. The van der Waals surface area contributed by atoms with Crippen molar-refractivity contribution in [2.75, 3.05) is 0 Å². The first kappa shape index (κ1) is 15.2. The van der Waals surface area contributed by atoms with Gasteiger partial charge in [-0.1, -0.05) is 11.6 Å². The van der Waals surface area contributed by atoms with Crippen molar-refractivity contribution in [1.82, 2.24) is 15.0 Å². The summed E-state index contributed by atoms with van der Waals surface area (Å²) in [5.41, 5.74) is 0.189. The van der Waals surface area contributed by atoms with Gasteiger partial charge in [0, 0.05) is 11.4 Å². The van der Waals surface area contributed by atoms with Crippen LogP contribution in [-0.2, 0) is 6.18 Å². The molecule has 3 rings (SSSR count). The third kappa shape index (κ3) is 3.06. The summed E-state index contributed by atoms with van der Waals surface area (Å²) in [6, 6.07) is 3.47. The van der Waals surface area contributed by atoms with Gasteiger partial charge in [0.15, 0.2) is 10.8 Å². The molecule has 3 heterocycles. The number of hydrogen-bond donors (Lipinski definition) is 1. The zero-order chi connectivity index (χ0) is 15.9. The third-order valence-corrected chi connectivity index (χ3v) is 4.83. The van der Waals surface area contributed by atoms with Crippen molar-refractivity contribution in [1.29, 1.82) is 0 Å². The molecule has 0 amide bonds. The minimum Gasteiger partial charge on any atom is -0.493 e. The Hall–Kier alpha value is -1.71. The Morgan fingerprint density at radius 1 is 1.14 bits per heavy atom. The van der Waals surface area contributed by atoms with Crippen LogP contribution in [0.1, 0.15) is 4.88 Å². The van der Waals surface area contributed by atoms with Gasteiger partial charge in [-0.25, -0.2) is 9.97 Å². The van der Waals surface area contributed by atoms with E-state index in [-0.39, 0.29) is 27.4 Å². The first-order valence-corrected chi connectivity index (χ1v) is 7.77. The van der Waals surface area contributed by atoms with Crippen LogP contribution in [0.2, 0.25) is 5.15 Å². The van der Waals surface area contributed by atoms with Crippen molar-refractivity contribution in [3.8, 4) is 27.3 Å². The minimum atomic E-state index is -4.41. The largest absolute Gasteiger partial charge is 0.493 e. The van der Waals surface area contributed by atoms with E-state index in [9.17, 15) is 18.3 Å². The fourth-order valence-electron chi connectivity index (χ4n) is 1.64. The van der Waals surface area contributed by atoms with Gasteiger partial charge in [0.25, 0.3) is 0 Å². The van der Waals surface area contributed by atoms with Crippen LogP contribution in [0.5, 0.6) is 5.88 Å². The smallest absolute Gasteiger partial charge is 0.425 e. The zero-order valence-electron chi connectivity index (χ0n) is 10.4. The summed E-state index contributed by atoms with van der Waals surface area (Å²) < 4.78 is 37.9. The van der Waals surface area contributed by atoms with Crippen molar-refractivity contribution < 1.29 is 18.3 Å². The lowest BCUT2D eigenvalue weighted by atomic mass is 10.3. The second-order valence-electron chi connectivity index (χ2n) is 4.07. The highest BCUT2D eigenvalue weighted by Gasteiger charge is 2.32. The predicted molar refractivity (Wildman–Crippen MR) is 78.1 cm³/mol. The number of thiophene rings is 1. The fraction of sp³-hybridized carbons (Fsp3) is 0.0833. The molecule has 3 aromatic rings. The molecule has 0 saturated heterocycles. The van der Waals surface area contributed by atoms with Crippen LogP contribution in [0.4, 0.5) is 13.2 Å². The molecule has 3 aromatic heterocycles. The van der Waals surface area contributed by atoms with Gasteiger partial charge in [0.05, 0.1) is 10.6 Å². The van der Waals surface area contributed by atoms with E-state index >= 15 is 0 Å². The van der Waals surface area contributed by atoms with Gasteiger partial charge < -0.3 is 5.11 Å². The topological polar surface area (TPSA) is 58.9 Å². The van der Waals surface area contributed by atoms with Crippen LogP contribution in [0.15, 0.2) is 23.6 Å². The predicted octanol–water partition coefficient (Wildman–Crippen LogP) is 4.71. The van der Waals surface area contributed by atoms with Crippen LogP contribution in [-0.4, -0.2) is 20.1 Å². The molecular weight excluding hydrogens is 359 g/mol. The Morgan fingerprint density at radius 2 is 1.91 bits per heavy atom. The summed E-state index contributed by atoms with van der Waals surface area (Å²) in [4.78, 5) is 11.5. The van der Waals surface area contributed by atoms with Gasteiger partial charge >= 0.3 is 6.18 Å². The summed E-state index contributed by atoms with van der Waals surface area (Å²) in [7, 11) is 0. The van der Waals surface area contributed by atoms with E-state index in [2.05, 4.69) is 15.0 Å². The molecule has 0 aromatic carbocycles. The molecule has 0 atom stereocenters. The minimum absolute atomic E-state index is 0.105. The van der Waals surface area contributed by atoms with E-state index in [0.717, 1.165) is 6.07 Å². The second kappa shape index (κ2) is 5.49. The maximum atomic E-state index is 12.6. The van der Waals surface area contributed by atoms with E-state index in [1.54, 1.807) is 5.38 Å². The van der Waals surface area contributed by atoms with Crippen molar-refractivity contribution in [3.05, 3.63) is 33.6 Å². The van der Waals surface area contributed by atoms with Crippen molar-refractivity contribution >= 4 is 34.3 Å². The summed E-state index contributed by atoms with van der Waals surface area (Å²) in [5, 5.41) is 11.9. The van der Waals surface area contributed by atoms with Crippen molar-refractivity contribution in [3.63, 3.8) is 0 Å². The number of alkyl halides is 3. The van der Waals surface area contributed by atoms with E-state index < -0.39 is 11.1 Å². The van der Waals surface area contributed by atoms with Gasteiger partial charge in [0.2, 0.25) is 5.88 Å². The molecule has 0 saturated carbocycles. The highest BCUT2D eigenvalue weighted by atomic mass is 35.5. The van der Waals surface area contributed by atoms with Crippen LogP contribution in [0.25, 0.3) is 21.4 Å². The number of aromatic hydroxyl groups is 1. The molecule has 0 fully saturated rings. The zero-order valence-corrected chi connectivity index (χ0v) is 12.8. The molecule has 0 bridgehead atoms. The number of aromatic nitrogens is 3. The molecule has 0 unspecified atom stereocenters. The maximum Gasteiger partial charge on any atom is 0.425 e. The molecule has 4 nitrogen and oxygen atoms in total. The Bertz CT molecular complexity index is 831. The van der Waals surface area contributed by atoms with Crippen molar-refractivity contribution in [2.24, 2.45) is 0 Å². The number of nitrogens with zero attached hydrogens (tertiary/aromatic N) is 3. The highest BCUT2D eigenvalue weighted by molar-refractivity contribution is 7.15. The molecule has 114 valence electrons. The highest BCUT2D eigenvalue weighted by Crippen LogP contribution is 2.38. The van der Waals surface area contributed by atoms with Crippen LogP contribution >= 0.6 is 34.3 Å². The molecule has 1 N–H and O–H groups in total. The third-order valence-electron chi connectivity index (χ3n) is 2.52. The fourth-order valence-corrected chi connectivity index (χ4v) is 3.35. The molecule has 0 spiro atoms. The van der Waals surface area contributed by atoms with E-state index in [1.165, 1.54) is 23.5 Å². The molecule has 0 aliphatic heterocycles. The lowest BCUT2D eigenvalue weighted by Crippen LogP contribution is -2.00. The number of thiazole rings is 1. The molecule has 10 heteroatoms. The standard InChI is InChI=1S/C12H5ClF3N3OS2/c13-8-4-21-11(18-8)10-17-5(3-9(20)19-10)6-1-2-7(22-6)12(14,15)16/h1-4H,(H,17,19,20). The Morgan fingerprint density at radius 3 is 2.50 bits per heavy atom. The first-order valence-electron chi connectivity index (χ1n) is 5.70. The number of halogens is 4. The Labute approximate surface area is 134 Å². The summed E-state index contributed by atoms with van der Waals surface area (Å²) in [6.07, 6.45) is -4.41. The normalized spacial score (nSPS) is 11.8. The molecule has 0 radical (unpaired) electrons. The summed E-state index contributed by atoms with van der Waals surface area (Å²) in [6.45, 7) is 0. The number of rotatable bonds is 2. The average Bonchev–Trinajstić information content (AvgIpc) is 3.05. The van der Waals surface area contributed by atoms with E-state index in [0.29, 0.717) is 16.3 Å². The first-order chi connectivity index (χ1) is 10.3. The molecule has 0 aliphatic carbocycles.